The molecule has 4 heteroatoms. The van der Waals surface area contributed by atoms with E-state index in [1.165, 1.54) is 24.0 Å². The SMILES string of the molecule is CC1(C)COC2(CCC3=C4C(c5cccc(/C=C/c6ccncc6)c5)CC5(C)C(O)CCC5C4CCC3C2)OC1. The van der Waals surface area contributed by atoms with Crippen LogP contribution >= 0.6 is 0 Å². The topological polar surface area (TPSA) is 51.6 Å². The van der Waals surface area contributed by atoms with Gasteiger partial charge < -0.3 is 14.6 Å². The van der Waals surface area contributed by atoms with Crippen LogP contribution in [0.4, 0.5) is 0 Å². The van der Waals surface area contributed by atoms with Crippen molar-refractivity contribution in [2.24, 2.45) is 28.6 Å². The number of fused-ring (bicyclic) bond motifs is 4. The second kappa shape index (κ2) is 9.93. The van der Waals surface area contributed by atoms with Gasteiger partial charge in [-0.25, -0.2) is 0 Å². The van der Waals surface area contributed by atoms with E-state index >= 15 is 0 Å². The largest absolute Gasteiger partial charge is 0.393 e. The molecule has 5 aliphatic rings. The predicted octanol–water partition coefficient (Wildman–Crippen LogP) is 7.79. The Morgan fingerprint density at radius 1 is 0.900 bits per heavy atom. The van der Waals surface area contributed by atoms with Crippen molar-refractivity contribution in [1.82, 2.24) is 4.98 Å². The number of rotatable bonds is 3. The Balaban J connectivity index is 1.24. The van der Waals surface area contributed by atoms with Gasteiger partial charge in [0.1, 0.15) is 0 Å². The highest BCUT2D eigenvalue weighted by atomic mass is 16.7. The normalized spacial score (nSPS) is 36.4. The Bertz CT molecular complexity index is 1300. The average Bonchev–Trinajstić information content (AvgIpc) is 3.27. The van der Waals surface area contributed by atoms with Gasteiger partial charge in [0.2, 0.25) is 0 Å². The summed E-state index contributed by atoms with van der Waals surface area (Å²) in [6.07, 6.45) is 16.6. The summed E-state index contributed by atoms with van der Waals surface area (Å²) in [7, 11) is 0. The number of ether oxygens (including phenoxy) is 2. The number of aliphatic hydroxyl groups is 1. The number of nitrogens with zero attached hydrogens (tertiary/aromatic N) is 1. The number of hydrogen-bond donors (Lipinski definition) is 1. The van der Waals surface area contributed by atoms with Crippen LogP contribution < -0.4 is 0 Å². The van der Waals surface area contributed by atoms with Gasteiger partial charge in [-0.05, 0) is 90.5 Å². The molecule has 212 valence electrons. The molecule has 1 spiro atoms. The molecule has 0 amide bonds. The zero-order chi connectivity index (χ0) is 27.5. The van der Waals surface area contributed by atoms with Crippen molar-refractivity contribution in [3.05, 3.63) is 76.6 Å². The molecule has 40 heavy (non-hydrogen) atoms. The number of aliphatic hydroxyl groups excluding tert-OH is 1. The lowest BCUT2D eigenvalue weighted by Gasteiger charge is -2.55. The van der Waals surface area contributed by atoms with E-state index in [0.717, 1.165) is 57.3 Å². The van der Waals surface area contributed by atoms with Crippen LogP contribution in [0.1, 0.15) is 94.7 Å². The summed E-state index contributed by atoms with van der Waals surface area (Å²) in [4.78, 5) is 4.15. The molecule has 7 rings (SSSR count). The van der Waals surface area contributed by atoms with E-state index in [-0.39, 0.29) is 16.9 Å². The standard InChI is InChI=1S/C36H45NO3/c1-34(2)22-39-36(40-23-34)16-13-28-27(20-36)9-10-29-31-11-12-32(38)35(31,3)21-30(33(28)29)26-6-4-5-25(19-26)8-7-24-14-17-37-18-15-24/h4-8,14-15,17-19,27,29-32,38H,9-13,16,20-23H2,1-3H3/b8-7+. The molecule has 1 N–H and O–H groups in total. The molecule has 2 aromatic rings. The molecular weight excluding hydrogens is 494 g/mol. The summed E-state index contributed by atoms with van der Waals surface area (Å²) >= 11 is 0. The molecule has 0 bridgehead atoms. The Morgan fingerprint density at radius 3 is 2.48 bits per heavy atom. The van der Waals surface area contributed by atoms with Gasteiger partial charge in [-0.2, -0.15) is 0 Å². The minimum absolute atomic E-state index is 0.00776. The molecule has 1 aliphatic heterocycles. The van der Waals surface area contributed by atoms with Gasteiger partial charge in [-0.15, -0.1) is 0 Å². The van der Waals surface area contributed by atoms with Crippen molar-refractivity contribution < 1.29 is 14.6 Å². The van der Waals surface area contributed by atoms with Crippen LogP contribution in [0.5, 0.6) is 0 Å². The van der Waals surface area contributed by atoms with Gasteiger partial charge in [0.15, 0.2) is 5.79 Å². The molecule has 6 atom stereocenters. The van der Waals surface area contributed by atoms with E-state index in [1.807, 2.05) is 24.5 Å². The summed E-state index contributed by atoms with van der Waals surface area (Å²) in [5.74, 6) is 1.71. The summed E-state index contributed by atoms with van der Waals surface area (Å²) in [5.41, 5.74) is 7.34. The second-order valence-electron chi connectivity index (χ2n) is 14.5. The number of aromatic nitrogens is 1. The van der Waals surface area contributed by atoms with Crippen LogP contribution in [-0.2, 0) is 9.47 Å². The van der Waals surface area contributed by atoms with E-state index in [4.69, 9.17) is 9.47 Å². The molecule has 6 unspecified atom stereocenters. The van der Waals surface area contributed by atoms with Crippen molar-refractivity contribution in [2.75, 3.05) is 13.2 Å². The predicted molar refractivity (Wildman–Crippen MR) is 159 cm³/mol. The quantitative estimate of drug-likeness (QED) is 0.405. The van der Waals surface area contributed by atoms with Crippen molar-refractivity contribution in [2.45, 2.75) is 89.9 Å². The first-order chi connectivity index (χ1) is 19.3. The lowest BCUT2D eigenvalue weighted by Crippen LogP contribution is -2.52. The summed E-state index contributed by atoms with van der Waals surface area (Å²) in [6, 6.07) is 13.3. The maximum atomic E-state index is 11.3. The molecule has 0 radical (unpaired) electrons. The lowest BCUT2D eigenvalue weighted by atomic mass is 9.52. The van der Waals surface area contributed by atoms with Gasteiger partial charge in [0.25, 0.3) is 0 Å². The fourth-order valence-electron chi connectivity index (χ4n) is 9.05. The number of benzene rings is 1. The molecule has 3 saturated carbocycles. The Labute approximate surface area is 239 Å². The van der Waals surface area contributed by atoms with Gasteiger partial charge in [0, 0.05) is 36.6 Å². The third-order valence-corrected chi connectivity index (χ3v) is 11.2. The zero-order valence-electron chi connectivity index (χ0n) is 24.4. The smallest absolute Gasteiger partial charge is 0.169 e. The van der Waals surface area contributed by atoms with E-state index in [9.17, 15) is 5.11 Å². The zero-order valence-corrected chi connectivity index (χ0v) is 24.4. The van der Waals surface area contributed by atoms with E-state index in [0.29, 0.717) is 23.7 Å². The summed E-state index contributed by atoms with van der Waals surface area (Å²) in [5, 5.41) is 11.3. The first-order valence-corrected chi connectivity index (χ1v) is 15.6. The van der Waals surface area contributed by atoms with E-state index in [1.54, 1.807) is 11.1 Å². The van der Waals surface area contributed by atoms with Crippen LogP contribution in [0.2, 0.25) is 0 Å². The summed E-state index contributed by atoms with van der Waals surface area (Å²) < 4.78 is 13.0. The molecule has 4 nitrogen and oxygen atoms in total. The third kappa shape index (κ3) is 4.61. The molecular formula is C36H45NO3. The number of hydrogen-bond acceptors (Lipinski definition) is 4. The van der Waals surface area contributed by atoms with Crippen LogP contribution in [-0.4, -0.2) is 35.2 Å². The van der Waals surface area contributed by atoms with Gasteiger partial charge in [-0.1, -0.05) is 68.3 Å². The maximum absolute atomic E-state index is 11.3. The average molecular weight is 540 g/mol. The molecule has 1 saturated heterocycles. The van der Waals surface area contributed by atoms with Crippen LogP contribution in [0.3, 0.4) is 0 Å². The van der Waals surface area contributed by atoms with Gasteiger partial charge in [0.05, 0.1) is 19.3 Å². The highest BCUT2D eigenvalue weighted by Crippen LogP contribution is 2.65. The lowest BCUT2D eigenvalue weighted by molar-refractivity contribution is -0.312. The minimum Gasteiger partial charge on any atom is -0.393 e. The molecule has 2 heterocycles. The van der Waals surface area contributed by atoms with Crippen LogP contribution in [0, 0.1) is 28.6 Å². The molecule has 4 aliphatic carbocycles. The fraction of sp³-hybridized carbons (Fsp3) is 0.583. The van der Waals surface area contributed by atoms with Crippen LogP contribution in [0.15, 0.2) is 59.9 Å². The van der Waals surface area contributed by atoms with Crippen molar-refractivity contribution in [1.29, 1.82) is 0 Å². The number of allylic oxidation sites excluding steroid dienone is 2. The first kappa shape index (κ1) is 26.6. The fourth-order valence-corrected chi connectivity index (χ4v) is 9.05. The summed E-state index contributed by atoms with van der Waals surface area (Å²) in [6.45, 7) is 8.44. The molecule has 1 aromatic carbocycles. The van der Waals surface area contributed by atoms with E-state index < -0.39 is 5.79 Å². The number of pyridine rings is 1. The Kier molecular flexibility index (Phi) is 6.61. The Morgan fingerprint density at radius 2 is 1.68 bits per heavy atom. The molecule has 4 fully saturated rings. The third-order valence-electron chi connectivity index (χ3n) is 11.2. The van der Waals surface area contributed by atoms with Crippen LogP contribution in [0.25, 0.3) is 12.2 Å². The monoisotopic (exact) mass is 539 g/mol. The molecule has 1 aromatic heterocycles. The minimum atomic E-state index is -0.392. The first-order valence-electron chi connectivity index (χ1n) is 15.6. The van der Waals surface area contributed by atoms with Gasteiger partial charge >= 0.3 is 0 Å². The van der Waals surface area contributed by atoms with Crippen molar-refractivity contribution >= 4 is 12.2 Å². The Hall–Kier alpha value is -2.27. The highest BCUT2D eigenvalue weighted by molar-refractivity contribution is 5.69. The van der Waals surface area contributed by atoms with E-state index in [2.05, 4.69) is 62.2 Å². The van der Waals surface area contributed by atoms with Crippen molar-refractivity contribution in [3.8, 4) is 0 Å². The van der Waals surface area contributed by atoms with Gasteiger partial charge in [-0.3, -0.25) is 4.98 Å². The van der Waals surface area contributed by atoms with Crippen molar-refractivity contribution in [3.63, 3.8) is 0 Å². The maximum Gasteiger partial charge on any atom is 0.169 e. The highest BCUT2D eigenvalue weighted by Gasteiger charge is 2.57. The second-order valence-corrected chi connectivity index (χ2v) is 14.5.